The fourth-order valence-electron chi connectivity index (χ4n) is 4.82. The summed E-state index contributed by atoms with van der Waals surface area (Å²) in [6.07, 6.45) is 0.772. The van der Waals surface area contributed by atoms with Crippen LogP contribution in [-0.4, -0.2) is 56.0 Å². The van der Waals surface area contributed by atoms with Crippen molar-refractivity contribution in [3.63, 3.8) is 0 Å². The molecule has 1 unspecified atom stereocenters. The molecule has 0 saturated heterocycles. The van der Waals surface area contributed by atoms with Crippen LogP contribution in [0.25, 0.3) is 11.1 Å². The molecule has 0 radical (unpaired) electrons. The van der Waals surface area contributed by atoms with Gasteiger partial charge in [-0.1, -0.05) is 55.0 Å². The molecule has 2 aromatic rings. The summed E-state index contributed by atoms with van der Waals surface area (Å²) in [6.45, 7) is 0.318. The van der Waals surface area contributed by atoms with Crippen molar-refractivity contribution in [2.75, 3.05) is 26.9 Å². The molecule has 0 heterocycles. The maximum absolute atomic E-state index is 12.5. The molecule has 186 valence electrons. The van der Waals surface area contributed by atoms with Crippen LogP contribution in [0.2, 0.25) is 0 Å². The van der Waals surface area contributed by atoms with E-state index in [2.05, 4.69) is 35.1 Å². The fraction of sp³-hybridized carbons (Fsp3) is 0.423. The molecule has 0 aromatic heterocycles. The summed E-state index contributed by atoms with van der Waals surface area (Å²) in [4.78, 5) is 40.9. The number of rotatable bonds is 11. The molecule has 1 saturated carbocycles. The Hall–Kier alpha value is -3.43. The monoisotopic (exact) mass is 482 g/mol. The van der Waals surface area contributed by atoms with E-state index in [-0.39, 0.29) is 32.1 Å². The van der Waals surface area contributed by atoms with Gasteiger partial charge in [-0.25, -0.2) is 15.1 Å². The molecule has 9 nitrogen and oxygen atoms in total. The second kappa shape index (κ2) is 10.9. The van der Waals surface area contributed by atoms with Crippen molar-refractivity contribution < 1.29 is 33.8 Å². The van der Waals surface area contributed by atoms with Gasteiger partial charge in [0, 0.05) is 26.0 Å². The van der Waals surface area contributed by atoms with Gasteiger partial charge in [-0.05, 0) is 40.5 Å². The highest BCUT2D eigenvalue weighted by Gasteiger charge is 2.40. The Morgan fingerprint density at radius 2 is 1.69 bits per heavy atom. The van der Waals surface area contributed by atoms with Gasteiger partial charge >= 0.3 is 12.1 Å². The van der Waals surface area contributed by atoms with E-state index in [1.54, 1.807) is 0 Å². The van der Waals surface area contributed by atoms with Crippen LogP contribution >= 0.6 is 0 Å². The average molecular weight is 483 g/mol. The maximum atomic E-state index is 12.5. The minimum Gasteiger partial charge on any atom is -0.479 e. The molecule has 4 rings (SSSR count). The summed E-state index contributed by atoms with van der Waals surface area (Å²) in [7, 11) is 1.35. The number of alkyl carbamates (subject to hydrolysis) is 1. The van der Waals surface area contributed by atoms with Gasteiger partial charge in [0.25, 0.3) is 0 Å². The number of nitrogens with one attached hydrogen (secondary N) is 2. The number of carboxylic acid groups (broad SMARTS) is 1. The predicted molar refractivity (Wildman–Crippen MR) is 127 cm³/mol. The van der Waals surface area contributed by atoms with Gasteiger partial charge in [-0.15, -0.1) is 0 Å². The lowest BCUT2D eigenvalue weighted by Crippen LogP contribution is -2.46. The van der Waals surface area contributed by atoms with Gasteiger partial charge in [0.15, 0.2) is 0 Å². The standard InChI is InChI=1S/C26H30N2O7/c1-33-15-22(24(30)31)35-28-23(29)13-26(11-6-12-26)16-27-25(32)34-14-21-19-9-4-2-7-17(19)18-8-3-5-10-20(18)21/h2-5,7-10,21-22H,6,11-16H2,1H3,(H,27,32)(H,28,29)(H,30,31). The molecule has 3 N–H and O–H groups in total. The van der Waals surface area contributed by atoms with Crippen LogP contribution < -0.4 is 10.8 Å². The molecule has 0 bridgehead atoms. The topological polar surface area (TPSA) is 123 Å². The van der Waals surface area contributed by atoms with Crippen LogP contribution in [0.1, 0.15) is 42.7 Å². The van der Waals surface area contributed by atoms with Gasteiger partial charge in [-0.2, -0.15) is 0 Å². The summed E-state index contributed by atoms with van der Waals surface area (Å²) in [5, 5.41) is 11.9. The summed E-state index contributed by atoms with van der Waals surface area (Å²) >= 11 is 0. The summed E-state index contributed by atoms with van der Waals surface area (Å²) < 4.78 is 10.4. The lowest BCUT2D eigenvalue weighted by Gasteiger charge is -2.41. The van der Waals surface area contributed by atoms with E-state index in [1.807, 2.05) is 24.3 Å². The first-order valence-corrected chi connectivity index (χ1v) is 11.7. The highest BCUT2D eigenvalue weighted by atomic mass is 16.7. The number of hydroxylamine groups is 1. The van der Waals surface area contributed by atoms with E-state index in [9.17, 15) is 14.4 Å². The quantitative estimate of drug-likeness (QED) is 0.420. The number of carbonyl (C=O) groups is 3. The van der Waals surface area contributed by atoms with Gasteiger partial charge in [-0.3, -0.25) is 9.63 Å². The Kier molecular flexibility index (Phi) is 7.67. The summed E-state index contributed by atoms with van der Waals surface area (Å²) in [5.41, 5.74) is 6.40. The molecular weight excluding hydrogens is 452 g/mol. The van der Waals surface area contributed by atoms with Gasteiger partial charge < -0.3 is 19.9 Å². The molecule has 9 heteroatoms. The van der Waals surface area contributed by atoms with Crippen LogP contribution in [0.4, 0.5) is 4.79 Å². The number of carboxylic acids is 1. The Bertz CT molecular complexity index is 1040. The van der Waals surface area contributed by atoms with Crippen molar-refractivity contribution in [1.82, 2.24) is 10.8 Å². The smallest absolute Gasteiger partial charge is 0.407 e. The van der Waals surface area contributed by atoms with Gasteiger partial charge in [0.1, 0.15) is 6.61 Å². The SMILES string of the molecule is COCC(ONC(=O)CC1(CNC(=O)OCC2c3ccccc3-c3ccccc32)CCC1)C(=O)O. The van der Waals surface area contributed by atoms with E-state index < -0.39 is 29.5 Å². The number of amides is 2. The van der Waals surface area contributed by atoms with Crippen molar-refractivity contribution in [2.24, 2.45) is 5.41 Å². The van der Waals surface area contributed by atoms with Crippen molar-refractivity contribution in [1.29, 1.82) is 0 Å². The van der Waals surface area contributed by atoms with Crippen LogP contribution in [0.5, 0.6) is 0 Å². The first kappa shape index (κ1) is 24.7. The molecule has 2 amide bonds. The Morgan fingerprint density at radius 1 is 1.06 bits per heavy atom. The van der Waals surface area contributed by atoms with E-state index in [0.29, 0.717) is 0 Å². The predicted octanol–water partition coefficient (Wildman–Crippen LogP) is 3.23. The molecular formula is C26H30N2O7. The molecule has 1 fully saturated rings. The Balaban J connectivity index is 1.27. The third-order valence-corrected chi connectivity index (χ3v) is 6.81. The zero-order chi connectivity index (χ0) is 24.8. The number of aliphatic carboxylic acids is 1. The lowest BCUT2D eigenvalue weighted by molar-refractivity contribution is -0.166. The van der Waals surface area contributed by atoms with Crippen LogP contribution in [0.3, 0.4) is 0 Å². The number of benzene rings is 2. The third-order valence-electron chi connectivity index (χ3n) is 6.81. The minimum absolute atomic E-state index is 0.0250. The molecule has 35 heavy (non-hydrogen) atoms. The number of hydrogen-bond donors (Lipinski definition) is 3. The van der Waals surface area contributed by atoms with Crippen LogP contribution in [0.15, 0.2) is 48.5 Å². The molecule has 2 aliphatic rings. The van der Waals surface area contributed by atoms with E-state index >= 15 is 0 Å². The molecule has 2 aliphatic carbocycles. The van der Waals surface area contributed by atoms with Crippen LogP contribution in [0, 0.1) is 5.41 Å². The second-order valence-electron chi connectivity index (χ2n) is 9.13. The molecule has 2 aromatic carbocycles. The largest absolute Gasteiger partial charge is 0.479 e. The lowest BCUT2D eigenvalue weighted by atomic mass is 9.66. The normalized spacial score (nSPS) is 16.4. The third kappa shape index (κ3) is 5.63. The highest BCUT2D eigenvalue weighted by Crippen LogP contribution is 2.45. The van der Waals surface area contributed by atoms with Crippen molar-refractivity contribution >= 4 is 18.0 Å². The maximum Gasteiger partial charge on any atom is 0.407 e. The number of carbonyl (C=O) groups excluding carboxylic acids is 2. The fourth-order valence-corrected chi connectivity index (χ4v) is 4.82. The number of fused-ring (bicyclic) bond motifs is 3. The Morgan fingerprint density at radius 3 is 2.23 bits per heavy atom. The summed E-state index contributed by atoms with van der Waals surface area (Å²) in [5.74, 6) is -1.70. The number of ether oxygens (including phenoxy) is 2. The summed E-state index contributed by atoms with van der Waals surface area (Å²) in [6, 6.07) is 16.3. The minimum atomic E-state index is -1.29. The zero-order valence-corrected chi connectivity index (χ0v) is 19.6. The average Bonchev–Trinajstić information content (AvgIpc) is 3.15. The van der Waals surface area contributed by atoms with Crippen molar-refractivity contribution in [3.05, 3.63) is 59.7 Å². The zero-order valence-electron chi connectivity index (χ0n) is 19.6. The van der Waals surface area contributed by atoms with Gasteiger partial charge in [0.05, 0.1) is 6.61 Å². The molecule has 0 aliphatic heterocycles. The second-order valence-corrected chi connectivity index (χ2v) is 9.13. The van der Waals surface area contributed by atoms with E-state index in [1.165, 1.54) is 7.11 Å². The number of hydrogen-bond acceptors (Lipinski definition) is 6. The van der Waals surface area contributed by atoms with Gasteiger partial charge in [0.2, 0.25) is 12.0 Å². The first-order chi connectivity index (χ1) is 16.9. The van der Waals surface area contributed by atoms with Crippen molar-refractivity contribution in [2.45, 2.75) is 37.7 Å². The van der Waals surface area contributed by atoms with Crippen LogP contribution in [-0.2, 0) is 23.9 Å². The van der Waals surface area contributed by atoms with Crippen molar-refractivity contribution in [3.8, 4) is 11.1 Å². The molecule has 1 atom stereocenters. The number of methoxy groups -OCH3 is 1. The highest BCUT2D eigenvalue weighted by molar-refractivity contribution is 5.79. The van der Waals surface area contributed by atoms with E-state index in [4.69, 9.17) is 19.4 Å². The Labute approximate surface area is 203 Å². The van der Waals surface area contributed by atoms with E-state index in [0.717, 1.165) is 41.5 Å². The first-order valence-electron chi connectivity index (χ1n) is 11.7. The molecule has 0 spiro atoms.